The normalized spacial score (nSPS) is 25.3. The summed E-state index contributed by atoms with van der Waals surface area (Å²) in [4.78, 5) is 0. The van der Waals surface area contributed by atoms with Gasteiger partial charge in [-0.1, -0.05) is 80.1 Å². The van der Waals surface area contributed by atoms with Crippen LogP contribution < -0.4 is 0 Å². The molecule has 0 aromatic heterocycles. The lowest BCUT2D eigenvalue weighted by Gasteiger charge is -2.48. The van der Waals surface area contributed by atoms with Crippen LogP contribution in [0.2, 0.25) is 0 Å². The van der Waals surface area contributed by atoms with E-state index < -0.39 is 0 Å². The molecule has 0 N–H and O–H groups in total. The Balaban J connectivity index is 2.03. The monoisotopic (exact) mass is 358 g/mol. The second-order valence-corrected chi connectivity index (χ2v) is 12.3. The Morgan fingerprint density at radius 3 is 1.13 bits per heavy atom. The van der Waals surface area contributed by atoms with Crippen LogP contribution in [0.4, 0.5) is 0 Å². The van der Waals surface area contributed by atoms with Gasteiger partial charge in [-0.3, -0.25) is 0 Å². The van der Waals surface area contributed by atoms with Gasteiger partial charge in [0.1, 0.15) is 0 Å². The SMILES string of the molecule is CC(C)(C)C1(SOSC2(C(C)(C)C)CCCCC2)CCCCC1. The topological polar surface area (TPSA) is 9.23 Å². The van der Waals surface area contributed by atoms with Crippen molar-refractivity contribution < 1.29 is 3.63 Å². The van der Waals surface area contributed by atoms with Crippen LogP contribution in [0.1, 0.15) is 106 Å². The third kappa shape index (κ3) is 4.44. The first-order valence-corrected chi connectivity index (χ1v) is 11.1. The fraction of sp³-hybridized carbons (Fsp3) is 1.00. The van der Waals surface area contributed by atoms with Crippen molar-refractivity contribution in [1.82, 2.24) is 0 Å². The molecular weight excluding hydrogens is 320 g/mol. The zero-order chi connectivity index (χ0) is 17.2. The van der Waals surface area contributed by atoms with E-state index in [1.165, 1.54) is 64.2 Å². The molecule has 136 valence electrons. The molecule has 0 aliphatic heterocycles. The van der Waals surface area contributed by atoms with Crippen molar-refractivity contribution >= 4 is 24.1 Å². The van der Waals surface area contributed by atoms with Crippen LogP contribution in [0.25, 0.3) is 0 Å². The number of rotatable bonds is 4. The standard InChI is InChI=1S/C20H38OS2/c1-17(2,3)19(13-9-7-10-14-19)22-21-23-20(18(4,5)6)15-11-8-12-16-20/h7-16H2,1-6H3. The van der Waals surface area contributed by atoms with Crippen molar-refractivity contribution in [2.75, 3.05) is 0 Å². The fourth-order valence-electron chi connectivity index (χ4n) is 4.31. The molecule has 0 amide bonds. The molecule has 0 bridgehead atoms. The maximum absolute atomic E-state index is 6.41. The number of hydrogen-bond acceptors (Lipinski definition) is 3. The first-order chi connectivity index (χ1) is 10.6. The van der Waals surface area contributed by atoms with Gasteiger partial charge < -0.3 is 0 Å². The summed E-state index contributed by atoms with van der Waals surface area (Å²) in [5.74, 6) is 0. The maximum atomic E-state index is 6.41. The maximum Gasteiger partial charge on any atom is 0.0483 e. The molecule has 2 saturated carbocycles. The highest BCUT2D eigenvalue weighted by Gasteiger charge is 2.47. The van der Waals surface area contributed by atoms with Gasteiger partial charge in [-0.15, -0.1) is 0 Å². The van der Waals surface area contributed by atoms with Crippen LogP contribution in [0.3, 0.4) is 0 Å². The summed E-state index contributed by atoms with van der Waals surface area (Å²) in [6, 6.07) is 0. The van der Waals surface area contributed by atoms with E-state index in [1.54, 1.807) is 0 Å². The molecule has 0 radical (unpaired) electrons. The average molecular weight is 359 g/mol. The minimum absolute atomic E-state index is 0.298. The van der Waals surface area contributed by atoms with E-state index in [9.17, 15) is 0 Å². The van der Waals surface area contributed by atoms with Crippen molar-refractivity contribution in [2.45, 2.75) is 115 Å². The molecule has 0 spiro atoms. The molecule has 0 atom stereocenters. The highest BCUT2D eigenvalue weighted by atomic mass is 32.2. The third-order valence-electron chi connectivity index (χ3n) is 6.44. The molecule has 0 unspecified atom stereocenters. The molecule has 23 heavy (non-hydrogen) atoms. The Kier molecular flexibility index (Phi) is 6.51. The van der Waals surface area contributed by atoms with Crippen LogP contribution in [0.5, 0.6) is 0 Å². The summed E-state index contributed by atoms with van der Waals surface area (Å²) in [7, 11) is 0. The van der Waals surface area contributed by atoms with Gasteiger partial charge in [0.2, 0.25) is 0 Å². The Labute approximate surface area is 153 Å². The summed E-state index contributed by atoms with van der Waals surface area (Å²) < 4.78 is 7.00. The summed E-state index contributed by atoms with van der Waals surface area (Å²) in [6.45, 7) is 14.4. The Morgan fingerprint density at radius 1 is 0.565 bits per heavy atom. The van der Waals surface area contributed by atoms with Gasteiger partial charge >= 0.3 is 0 Å². The van der Waals surface area contributed by atoms with Gasteiger partial charge in [-0.2, -0.15) is 0 Å². The van der Waals surface area contributed by atoms with E-state index in [4.69, 9.17) is 3.63 Å². The van der Waals surface area contributed by atoms with E-state index in [-0.39, 0.29) is 0 Å². The smallest absolute Gasteiger partial charge is 0.0483 e. The summed E-state index contributed by atoms with van der Waals surface area (Å²) in [5, 5.41) is 0. The Morgan fingerprint density at radius 2 is 0.870 bits per heavy atom. The van der Waals surface area contributed by atoms with Gasteiger partial charge in [-0.05, 0) is 36.5 Å². The van der Waals surface area contributed by atoms with Gasteiger partial charge in [0.25, 0.3) is 0 Å². The van der Waals surface area contributed by atoms with Crippen LogP contribution in [-0.4, -0.2) is 9.49 Å². The van der Waals surface area contributed by atoms with E-state index in [0.717, 1.165) is 0 Å². The molecule has 0 aromatic rings. The Hall–Kier alpha value is 0.660. The second-order valence-electron chi connectivity index (χ2n) is 9.84. The van der Waals surface area contributed by atoms with Crippen LogP contribution in [-0.2, 0) is 3.63 Å². The second kappa shape index (κ2) is 7.50. The van der Waals surface area contributed by atoms with Gasteiger partial charge in [-0.25, -0.2) is 3.63 Å². The molecule has 2 aliphatic carbocycles. The molecule has 2 aliphatic rings. The van der Waals surface area contributed by atoms with Crippen molar-refractivity contribution in [1.29, 1.82) is 0 Å². The van der Waals surface area contributed by atoms with Crippen molar-refractivity contribution in [3.05, 3.63) is 0 Å². The first-order valence-electron chi connectivity index (χ1n) is 9.66. The van der Waals surface area contributed by atoms with Crippen LogP contribution >= 0.6 is 24.1 Å². The molecular formula is C20H38OS2. The van der Waals surface area contributed by atoms with Crippen LogP contribution in [0.15, 0.2) is 0 Å². The summed E-state index contributed by atoms with van der Waals surface area (Å²) in [5.41, 5.74) is 0.611. The molecule has 1 nitrogen and oxygen atoms in total. The minimum Gasteiger partial charge on any atom is -0.246 e. The first kappa shape index (κ1) is 20.0. The molecule has 0 saturated heterocycles. The van der Waals surface area contributed by atoms with Gasteiger partial charge in [0, 0.05) is 33.6 Å². The quantitative estimate of drug-likeness (QED) is 0.474. The molecule has 2 rings (SSSR count). The zero-order valence-electron chi connectivity index (χ0n) is 16.3. The lowest BCUT2D eigenvalue weighted by Crippen LogP contribution is -2.43. The molecule has 2 fully saturated rings. The van der Waals surface area contributed by atoms with Gasteiger partial charge in [0.15, 0.2) is 0 Å². The lowest BCUT2D eigenvalue weighted by atomic mass is 9.71. The third-order valence-corrected chi connectivity index (χ3v) is 9.67. The van der Waals surface area contributed by atoms with E-state index in [1.807, 2.05) is 24.1 Å². The van der Waals surface area contributed by atoms with Crippen LogP contribution in [0, 0.1) is 10.8 Å². The Bertz CT molecular complexity index is 330. The van der Waals surface area contributed by atoms with Crippen molar-refractivity contribution in [2.24, 2.45) is 10.8 Å². The number of hydrogen-bond donors (Lipinski definition) is 0. The molecule has 0 heterocycles. The minimum atomic E-state index is 0.298. The van der Waals surface area contributed by atoms with E-state index in [0.29, 0.717) is 20.3 Å². The predicted molar refractivity (Wildman–Crippen MR) is 107 cm³/mol. The summed E-state index contributed by atoms with van der Waals surface area (Å²) in [6.07, 6.45) is 13.5. The lowest BCUT2D eigenvalue weighted by molar-refractivity contribution is 0.205. The highest BCUT2D eigenvalue weighted by Crippen LogP contribution is 2.57. The largest absolute Gasteiger partial charge is 0.246 e. The van der Waals surface area contributed by atoms with Crippen molar-refractivity contribution in [3.63, 3.8) is 0 Å². The van der Waals surface area contributed by atoms with Crippen molar-refractivity contribution in [3.8, 4) is 0 Å². The predicted octanol–water partition coefficient (Wildman–Crippen LogP) is 7.80. The average Bonchev–Trinajstić information content (AvgIpc) is 2.47. The summed E-state index contributed by atoms with van der Waals surface area (Å²) >= 11 is 3.65. The zero-order valence-corrected chi connectivity index (χ0v) is 17.9. The van der Waals surface area contributed by atoms with Gasteiger partial charge in [0.05, 0.1) is 0 Å². The molecule has 0 aromatic carbocycles. The van der Waals surface area contributed by atoms with E-state index in [2.05, 4.69) is 41.5 Å². The molecule has 3 heteroatoms. The fourth-order valence-corrected chi connectivity index (χ4v) is 6.90. The highest BCUT2D eigenvalue weighted by molar-refractivity contribution is 8.09. The van der Waals surface area contributed by atoms with E-state index >= 15 is 0 Å².